The second kappa shape index (κ2) is 8.87. The lowest BCUT2D eigenvalue weighted by molar-refractivity contribution is -0.133. The summed E-state index contributed by atoms with van der Waals surface area (Å²) in [6, 6.07) is 8.18. The first-order valence-electron chi connectivity index (χ1n) is 9.87. The van der Waals surface area contributed by atoms with Crippen LogP contribution in [0.25, 0.3) is 0 Å². The van der Waals surface area contributed by atoms with E-state index in [1.807, 2.05) is 23.1 Å². The molecule has 1 amide bonds. The normalized spacial score (nSPS) is 14.0. The van der Waals surface area contributed by atoms with Crippen molar-refractivity contribution in [2.75, 3.05) is 6.54 Å². The molecule has 0 radical (unpaired) electrons. The van der Waals surface area contributed by atoms with Crippen LogP contribution < -0.4 is 4.74 Å². The van der Waals surface area contributed by atoms with Crippen molar-refractivity contribution < 1.29 is 9.53 Å². The van der Waals surface area contributed by atoms with Crippen LogP contribution in [0.4, 0.5) is 0 Å². The number of rotatable bonds is 9. The van der Waals surface area contributed by atoms with Crippen LogP contribution in [-0.2, 0) is 17.9 Å². The maximum absolute atomic E-state index is 12.5. The van der Waals surface area contributed by atoms with Gasteiger partial charge in [-0.1, -0.05) is 45.9 Å². The Kier molecular flexibility index (Phi) is 6.53. The molecule has 0 saturated heterocycles. The summed E-state index contributed by atoms with van der Waals surface area (Å²) in [6.07, 6.45) is 2.08. The van der Waals surface area contributed by atoms with E-state index in [0.29, 0.717) is 30.9 Å². The van der Waals surface area contributed by atoms with E-state index in [-0.39, 0.29) is 5.92 Å². The third kappa shape index (κ3) is 5.55. The van der Waals surface area contributed by atoms with Crippen molar-refractivity contribution in [1.29, 1.82) is 0 Å². The monoisotopic (exact) mass is 386 g/mol. The Morgan fingerprint density at radius 2 is 2.00 bits per heavy atom. The number of hydrogen-bond acceptors (Lipinski definition) is 4. The fourth-order valence-corrected chi connectivity index (χ4v) is 3.87. The summed E-state index contributed by atoms with van der Waals surface area (Å²) < 4.78 is 6.03. The highest BCUT2D eigenvalue weighted by molar-refractivity contribution is 7.09. The van der Waals surface area contributed by atoms with Crippen molar-refractivity contribution in [2.24, 2.45) is 11.8 Å². The van der Waals surface area contributed by atoms with Gasteiger partial charge in [0.25, 0.3) is 0 Å². The van der Waals surface area contributed by atoms with Gasteiger partial charge in [0.15, 0.2) is 0 Å². The lowest BCUT2D eigenvalue weighted by atomic mass is 10.0. The fourth-order valence-electron chi connectivity index (χ4n) is 3.17. The Balaban J connectivity index is 1.61. The number of benzene rings is 1. The molecule has 1 saturated carbocycles. The highest BCUT2D eigenvalue weighted by Crippen LogP contribution is 2.32. The molecule has 2 aromatic rings. The Morgan fingerprint density at radius 3 is 2.67 bits per heavy atom. The van der Waals surface area contributed by atoms with Gasteiger partial charge in [0.1, 0.15) is 17.4 Å². The van der Waals surface area contributed by atoms with Crippen molar-refractivity contribution in [1.82, 2.24) is 9.88 Å². The van der Waals surface area contributed by atoms with Crippen molar-refractivity contribution in [3.05, 3.63) is 45.9 Å². The van der Waals surface area contributed by atoms with Crippen LogP contribution in [0.3, 0.4) is 0 Å². The molecule has 3 rings (SSSR count). The van der Waals surface area contributed by atoms with E-state index < -0.39 is 0 Å². The summed E-state index contributed by atoms with van der Waals surface area (Å²) in [5.41, 5.74) is 2.18. The average molecular weight is 387 g/mol. The number of aromatic nitrogens is 1. The Bertz CT molecular complexity index is 765. The molecule has 4 nitrogen and oxygen atoms in total. The predicted octanol–water partition coefficient (Wildman–Crippen LogP) is 5.24. The molecule has 1 aliphatic carbocycles. The van der Waals surface area contributed by atoms with Crippen LogP contribution in [-0.4, -0.2) is 22.3 Å². The molecule has 0 unspecified atom stereocenters. The van der Waals surface area contributed by atoms with Gasteiger partial charge >= 0.3 is 0 Å². The number of carbonyl (C=O) groups is 1. The fraction of sp³-hybridized carbons (Fsp3) is 0.545. The summed E-state index contributed by atoms with van der Waals surface area (Å²) in [4.78, 5) is 19.2. The standard InChI is InChI=1S/C22H30N2O2S/c1-15(2)11-24(22(25)17-9-10-17)12-18-14-27-21(23-18)13-26-20-8-6-5-7-19(20)16(3)4/h5-8,14-17H,9-13H2,1-4H3. The molecule has 1 aromatic carbocycles. The number of para-hydroxylation sites is 1. The minimum Gasteiger partial charge on any atom is -0.486 e. The Hall–Kier alpha value is -1.88. The summed E-state index contributed by atoms with van der Waals surface area (Å²) >= 11 is 1.61. The van der Waals surface area contributed by atoms with E-state index in [4.69, 9.17) is 9.72 Å². The molecule has 146 valence electrons. The molecule has 5 heteroatoms. The summed E-state index contributed by atoms with van der Waals surface area (Å²) in [5, 5.41) is 3.01. The van der Waals surface area contributed by atoms with E-state index in [1.165, 1.54) is 5.56 Å². The second-order valence-corrected chi connectivity index (χ2v) is 9.04. The van der Waals surface area contributed by atoms with Gasteiger partial charge in [-0.2, -0.15) is 0 Å². The lowest BCUT2D eigenvalue weighted by Crippen LogP contribution is -2.34. The summed E-state index contributed by atoms with van der Waals surface area (Å²) in [6.45, 7) is 10.5. The number of amides is 1. The van der Waals surface area contributed by atoms with Gasteiger partial charge in [-0.3, -0.25) is 4.79 Å². The molecule has 0 spiro atoms. The highest BCUT2D eigenvalue weighted by atomic mass is 32.1. The van der Waals surface area contributed by atoms with Gasteiger partial charge in [-0.15, -0.1) is 11.3 Å². The van der Waals surface area contributed by atoms with E-state index in [9.17, 15) is 4.79 Å². The minimum absolute atomic E-state index is 0.248. The van der Waals surface area contributed by atoms with Gasteiger partial charge in [-0.25, -0.2) is 4.98 Å². The zero-order chi connectivity index (χ0) is 19.4. The van der Waals surface area contributed by atoms with E-state index in [1.54, 1.807) is 11.3 Å². The van der Waals surface area contributed by atoms with Gasteiger partial charge < -0.3 is 9.64 Å². The molecule has 0 atom stereocenters. The van der Waals surface area contributed by atoms with Crippen LogP contribution in [0.5, 0.6) is 5.75 Å². The Labute approximate surface area is 166 Å². The van der Waals surface area contributed by atoms with Crippen LogP contribution in [0, 0.1) is 11.8 Å². The maximum Gasteiger partial charge on any atom is 0.226 e. The number of nitrogens with zero attached hydrogens (tertiary/aromatic N) is 2. The first-order chi connectivity index (χ1) is 12.9. The quantitative estimate of drug-likeness (QED) is 0.592. The van der Waals surface area contributed by atoms with E-state index in [2.05, 4.69) is 39.1 Å². The molecular weight excluding hydrogens is 356 g/mol. The first kappa shape index (κ1) is 19.9. The predicted molar refractivity (Wildman–Crippen MR) is 110 cm³/mol. The lowest BCUT2D eigenvalue weighted by Gasteiger charge is -2.23. The molecule has 1 heterocycles. The molecular formula is C22H30N2O2S. The molecule has 0 aliphatic heterocycles. The third-order valence-corrected chi connectivity index (χ3v) is 5.54. The van der Waals surface area contributed by atoms with Crippen molar-refractivity contribution in [2.45, 2.75) is 59.6 Å². The first-order valence-corrected chi connectivity index (χ1v) is 10.8. The van der Waals surface area contributed by atoms with Gasteiger partial charge in [-0.05, 0) is 36.3 Å². The zero-order valence-corrected chi connectivity index (χ0v) is 17.6. The van der Waals surface area contributed by atoms with Crippen LogP contribution >= 0.6 is 11.3 Å². The summed E-state index contributed by atoms with van der Waals surface area (Å²) in [5.74, 6) is 2.35. The smallest absolute Gasteiger partial charge is 0.226 e. The largest absolute Gasteiger partial charge is 0.486 e. The van der Waals surface area contributed by atoms with Gasteiger partial charge in [0, 0.05) is 17.8 Å². The number of hydrogen-bond donors (Lipinski definition) is 0. The van der Waals surface area contributed by atoms with Gasteiger partial charge in [0.05, 0.1) is 12.2 Å². The molecule has 0 N–H and O–H groups in total. The SMILES string of the molecule is CC(C)CN(Cc1csc(COc2ccccc2C(C)C)n1)C(=O)C1CC1. The second-order valence-electron chi connectivity index (χ2n) is 8.10. The number of carbonyl (C=O) groups excluding carboxylic acids is 1. The van der Waals surface area contributed by atoms with Crippen LogP contribution in [0.1, 0.15) is 62.7 Å². The van der Waals surface area contributed by atoms with E-state index >= 15 is 0 Å². The maximum atomic E-state index is 12.5. The van der Waals surface area contributed by atoms with Crippen LogP contribution in [0.2, 0.25) is 0 Å². The summed E-state index contributed by atoms with van der Waals surface area (Å²) in [7, 11) is 0. The van der Waals surface area contributed by atoms with Crippen molar-refractivity contribution in [3.8, 4) is 5.75 Å². The molecule has 1 aliphatic rings. The highest BCUT2D eigenvalue weighted by Gasteiger charge is 2.33. The average Bonchev–Trinajstić information content (AvgIpc) is 3.39. The minimum atomic E-state index is 0.248. The van der Waals surface area contributed by atoms with Crippen LogP contribution in [0.15, 0.2) is 29.6 Å². The molecule has 1 fully saturated rings. The molecule has 27 heavy (non-hydrogen) atoms. The van der Waals surface area contributed by atoms with Crippen molar-refractivity contribution >= 4 is 17.2 Å². The zero-order valence-electron chi connectivity index (χ0n) is 16.8. The number of thiazole rings is 1. The Morgan fingerprint density at radius 1 is 1.26 bits per heavy atom. The number of ether oxygens (including phenoxy) is 1. The van der Waals surface area contributed by atoms with Crippen molar-refractivity contribution in [3.63, 3.8) is 0 Å². The topological polar surface area (TPSA) is 42.4 Å². The molecule has 0 bridgehead atoms. The third-order valence-electron chi connectivity index (χ3n) is 4.67. The van der Waals surface area contributed by atoms with Gasteiger partial charge in [0.2, 0.25) is 5.91 Å². The van der Waals surface area contributed by atoms with E-state index in [0.717, 1.165) is 35.8 Å². The molecule has 1 aromatic heterocycles.